The van der Waals surface area contributed by atoms with Gasteiger partial charge in [0.15, 0.2) is 0 Å². The van der Waals surface area contributed by atoms with Crippen molar-refractivity contribution in [2.45, 2.75) is 6.92 Å². The summed E-state index contributed by atoms with van der Waals surface area (Å²) in [6, 6.07) is 20.0. The largest absolute Gasteiger partial charge is 0.748 e. The van der Waals surface area contributed by atoms with Crippen LogP contribution < -0.4 is 5.73 Å². The Kier molecular flexibility index (Phi) is 13.7. The van der Waals surface area contributed by atoms with Crippen molar-refractivity contribution < 1.29 is 22.2 Å². The zero-order chi connectivity index (χ0) is 12.9. The summed E-state index contributed by atoms with van der Waals surface area (Å²) >= 11 is 0. The Balaban J connectivity index is 0. The number of aliphatic hydroxyl groups excluding tert-OH is 1. The third-order valence-electron chi connectivity index (χ3n) is 1.73. The van der Waals surface area contributed by atoms with Crippen molar-refractivity contribution in [3.63, 3.8) is 0 Å². The second-order valence-corrected chi connectivity index (χ2v) is 3.15. The van der Waals surface area contributed by atoms with Gasteiger partial charge in [-0.3, -0.25) is 5.41 Å². The summed E-state index contributed by atoms with van der Waals surface area (Å²) in [7, 11) is 0. The molecule has 0 unspecified atom stereocenters. The fraction of sp³-hybridized carbons (Fsp3) is 0.0714. The van der Waals surface area contributed by atoms with Crippen molar-refractivity contribution in [3.05, 3.63) is 72.5 Å². The number of amidine groups is 1. The average Bonchev–Trinajstić information content (AvgIpc) is 3.04. The molecule has 18 heavy (non-hydrogen) atoms. The van der Waals surface area contributed by atoms with Gasteiger partial charge in [-0.25, -0.2) is 12.1 Å². The summed E-state index contributed by atoms with van der Waals surface area (Å²) in [5, 5.41) is 14.8. The van der Waals surface area contributed by atoms with E-state index < -0.39 is 0 Å². The Labute approximate surface area is 119 Å². The average molecular weight is 286 g/mol. The van der Waals surface area contributed by atoms with Crippen LogP contribution in [-0.4, -0.2) is 10.9 Å². The Morgan fingerprint density at radius 3 is 1.61 bits per heavy atom. The number of aliphatic hydroxyl groups is 1. The monoisotopic (exact) mass is 286 g/mol. The van der Waals surface area contributed by atoms with Crippen LogP contribution in [0.25, 0.3) is 0 Å². The van der Waals surface area contributed by atoms with Crippen molar-refractivity contribution >= 4 is 5.84 Å². The van der Waals surface area contributed by atoms with Crippen molar-refractivity contribution in [2.24, 2.45) is 5.73 Å². The summed E-state index contributed by atoms with van der Waals surface area (Å²) in [5.41, 5.74) is 5.29. The topological polar surface area (TPSA) is 70.1 Å². The standard InChI is InChI=1S/2C5H5.C4H8N2O.Fe/c2*1-2-4-5-3-1;1-3(2-7)4(5)6;/h2*1-5H;2,7H,1H3,(H3,5,6);/q-5;-1;;. The minimum atomic E-state index is -0.0949. The molecule has 0 atom stereocenters. The molecule has 2 aromatic carbocycles. The Bertz CT molecular complexity index is 331. The summed E-state index contributed by atoms with van der Waals surface area (Å²) in [4.78, 5) is 0. The number of nitrogens with two attached hydrogens (primary N) is 1. The van der Waals surface area contributed by atoms with Crippen LogP contribution in [0.1, 0.15) is 6.92 Å². The van der Waals surface area contributed by atoms with E-state index in [1.54, 1.807) is 6.92 Å². The SMILES string of the molecule is CC(=CO)C(=N)N.[Fe].[cH-]1[cH-][cH-][cH-][cH-]1.c1cc[cH-]c1. The van der Waals surface area contributed by atoms with Gasteiger partial charge in [-0.05, 0) is 6.92 Å². The molecule has 4 N–H and O–H groups in total. The van der Waals surface area contributed by atoms with Gasteiger partial charge in [0, 0.05) is 22.6 Å². The van der Waals surface area contributed by atoms with E-state index in [0.29, 0.717) is 5.57 Å². The van der Waals surface area contributed by atoms with Crippen LogP contribution in [0.2, 0.25) is 0 Å². The van der Waals surface area contributed by atoms with Gasteiger partial charge in [-0.2, -0.15) is 18.2 Å². The van der Waals surface area contributed by atoms with Gasteiger partial charge in [0.2, 0.25) is 0 Å². The van der Waals surface area contributed by atoms with Gasteiger partial charge in [-0.15, -0.1) is 0 Å². The Hall–Kier alpha value is -1.77. The predicted octanol–water partition coefficient (Wildman–Crippen LogP) is 3.19. The Morgan fingerprint density at radius 1 is 1.11 bits per heavy atom. The molecule has 0 radical (unpaired) electrons. The van der Waals surface area contributed by atoms with Gasteiger partial charge >= 0.3 is 0 Å². The molecule has 2 rings (SSSR count). The van der Waals surface area contributed by atoms with E-state index in [1.807, 2.05) is 60.7 Å². The predicted molar refractivity (Wildman–Crippen MR) is 72.4 cm³/mol. The van der Waals surface area contributed by atoms with Crippen LogP contribution in [0.3, 0.4) is 0 Å². The molecular formula is C14H18FeN2O-6. The molecule has 0 aliphatic carbocycles. The molecule has 0 saturated carbocycles. The second kappa shape index (κ2) is 13.3. The fourth-order valence-corrected chi connectivity index (χ4v) is 0.711. The summed E-state index contributed by atoms with van der Waals surface area (Å²) < 4.78 is 0. The van der Waals surface area contributed by atoms with E-state index in [-0.39, 0.29) is 22.9 Å². The van der Waals surface area contributed by atoms with E-state index in [2.05, 4.69) is 0 Å². The first-order valence-electron chi connectivity index (χ1n) is 5.17. The molecule has 0 aliphatic heterocycles. The van der Waals surface area contributed by atoms with Crippen LogP contribution in [0, 0.1) is 5.41 Å². The Morgan fingerprint density at radius 2 is 1.50 bits per heavy atom. The fourth-order valence-electron chi connectivity index (χ4n) is 0.711. The number of hydrogen-bond donors (Lipinski definition) is 3. The zero-order valence-electron chi connectivity index (χ0n) is 10.2. The normalized spacial score (nSPS) is 8.83. The molecular weight excluding hydrogens is 268 g/mol. The molecule has 0 spiro atoms. The first kappa shape index (κ1) is 18.6. The van der Waals surface area contributed by atoms with Crippen molar-refractivity contribution in [2.75, 3.05) is 0 Å². The van der Waals surface area contributed by atoms with Crippen molar-refractivity contribution in [1.82, 2.24) is 0 Å². The maximum atomic E-state index is 8.12. The van der Waals surface area contributed by atoms with Crippen LogP contribution in [-0.2, 0) is 17.1 Å². The third kappa shape index (κ3) is 12.3. The van der Waals surface area contributed by atoms with Crippen LogP contribution in [0.5, 0.6) is 0 Å². The number of hydrogen-bond acceptors (Lipinski definition) is 2. The van der Waals surface area contributed by atoms with Crippen LogP contribution >= 0.6 is 0 Å². The van der Waals surface area contributed by atoms with Gasteiger partial charge < -0.3 is 41.2 Å². The molecule has 0 aromatic heterocycles. The molecule has 0 saturated heterocycles. The maximum absolute atomic E-state index is 8.12. The molecule has 0 fully saturated rings. The third-order valence-corrected chi connectivity index (χ3v) is 1.73. The van der Waals surface area contributed by atoms with Gasteiger partial charge in [0.25, 0.3) is 0 Å². The first-order chi connectivity index (χ1) is 8.18. The van der Waals surface area contributed by atoms with E-state index in [1.165, 1.54) is 0 Å². The molecule has 0 heterocycles. The maximum Gasteiger partial charge on any atom is 0.121 e. The summed E-state index contributed by atoms with van der Waals surface area (Å²) in [6.07, 6.45) is 0.808. The molecule has 0 aliphatic rings. The zero-order valence-corrected chi connectivity index (χ0v) is 11.3. The smallest absolute Gasteiger partial charge is 0.121 e. The molecule has 2 aromatic rings. The minimum Gasteiger partial charge on any atom is -0.748 e. The quantitative estimate of drug-likeness (QED) is 0.248. The van der Waals surface area contributed by atoms with Gasteiger partial charge in [-0.1, -0.05) is 0 Å². The molecule has 104 valence electrons. The van der Waals surface area contributed by atoms with Crippen molar-refractivity contribution in [1.29, 1.82) is 5.41 Å². The van der Waals surface area contributed by atoms with Crippen molar-refractivity contribution in [3.8, 4) is 0 Å². The van der Waals surface area contributed by atoms with Crippen LogP contribution in [0.15, 0.2) is 72.5 Å². The first-order valence-corrected chi connectivity index (χ1v) is 5.17. The van der Waals surface area contributed by atoms with Gasteiger partial charge in [0.1, 0.15) is 5.84 Å². The van der Waals surface area contributed by atoms with E-state index in [0.717, 1.165) is 6.26 Å². The number of nitrogens with one attached hydrogen (secondary N) is 1. The summed E-state index contributed by atoms with van der Waals surface area (Å²) in [6.45, 7) is 1.56. The second-order valence-electron chi connectivity index (χ2n) is 3.15. The molecule has 4 heteroatoms. The van der Waals surface area contributed by atoms with Gasteiger partial charge in [0.05, 0.1) is 6.26 Å². The van der Waals surface area contributed by atoms with E-state index in [9.17, 15) is 0 Å². The molecule has 0 amide bonds. The van der Waals surface area contributed by atoms with E-state index in [4.69, 9.17) is 16.2 Å². The molecule has 3 nitrogen and oxygen atoms in total. The number of rotatable bonds is 1. The molecule has 0 bridgehead atoms. The van der Waals surface area contributed by atoms with E-state index >= 15 is 0 Å². The summed E-state index contributed by atoms with van der Waals surface area (Å²) in [5.74, 6) is -0.0949. The van der Waals surface area contributed by atoms with Crippen LogP contribution in [0.4, 0.5) is 0 Å². The minimum absolute atomic E-state index is 0.